The number of fused-ring (bicyclic) bond motifs is 2. The van der Waals surface area contributed by atoms with Gasteiger partial charge in [-0.1, -0.05) is 23.2 Å². The molecule has 0 spiro atoms. The van der Waals surface area contributed by atoms with Gasteiger partial charge in [-0.3, -0.25) is 10.1 Å². The van der Waals surface area contributed by atoms with Crippen molar-refractivity contribution < 1.29 is 4.92 Å². The van der Waals surface area contributed by atoms with Crippen LogP contribution in [0.1, 0.15) is 25.7 Å². The molecule has 1 aromatic carbocycles. The number of hydrogen-bond donors (Lipinski definition) is 2. The maximum absolute atomic E-state index is 10.8. The smallest absolute Gasteiger partial charge is 0.272 e. The Morgan fingerprint density at radius 2 is 1.75 bits per heavy atom. The van der Waals surface area contributed by atoms with Crippen molar-refractivity contribution in [1.29, 1.82) is 0 Å². The van der Waals surface area contributed by atoms with Gasteiger partial charge in [0, 0.05) is 30.3 Å². The Bertz CT molecular complexity index is 517. The van der Waals surface area contributed by atoms with E-state index < -0.39 is 4.92 Å². The van der Waals surface area contributed by atoms with Crippen LogP contribution in [0.4, 0.5) is 11.4 Å². The summed E-state index contributed by atoms with van der Waals surface area (Å²) in [7, 11) is 0. The third kappa shape index (κ3) is 2.71. The number of halogens is 2. The van der Waals surface area contributed by atoms with Crippen LogP contribution in [0.5, 0.6) is 0 Å². The molecule has 0 aliphatic carbocycles. The lowest BCUT2D eigenvalue weighted by atomic mass is 9.99. The molecule has 7 heteroatoms. The van der Waals surface area contributed by atoms with Crippen molar-refractivity contribution in [3.8, 4) is 0 Å². The fraction of sp³-hybridized carbons (Fsp3) is 0.538. The quantitative estimate of drug-likeness (QED) is 0.660. The molecular weight excluding hydrogens is 301 g/mol. The number of nitrogens with zero attached hydrogens (tertiary/aromatic N) is 1. The summed E-state index contributed by atoms with van der Waals surface area (Å²) in [4.78, 5) is 10.3. The van der Waals surface area contributed by atoms with Gasteiger partial charge < -0.3 is 10.6 Å². The zero-order valence-corrected chi connectivity index (χ0v) is 12.2. The van der Waals surface area contributed by atoms with E-state index in [9.17, 15) is 10.1 Å². The molecule has 0 aromatic heterocycles. The highest BCUT2D eigenvalue weighted by Gasteiger charge is 2.33. The van der Waals surface area contributed by atoms with Gasteiger partial charge in [0.15, 0.2) is 0 Å². The largest absolute Gasteiger partial charge is 0.380 e. The fourth-order valence-corrected chi connectivity index (χ4v) is 3.77. The second-order valence-corrected chi connectivity index (χ2v) is 6.31. The predicted octanol–water partition coefficient (Wildman–Crippen LogP) is 3.60. The van der Waals surface area contributed by atoms with Crippen molar-refractivity contribution in [3.05, 3.63) is 32.3 Å². The number of nitro groups is 1. The second kappa shape index (κ2) is 5.39. The van der Waals surface area contributed by atoms with Gasteiger partial charge in [0.25, 0.3) is 5.69 Å². The molecular formula is C13H15Cl2N3O2. The molecule has 5 nitrogen and oxygen atoms in total. The first-order valence-corrected chi connectivity index (χ1v) is 7.44. The summed E-state index contributed by atoms with van der Waals surface area (Å²) in [5.74, 6) is 0. The Labute approximate surface area is 126 Å². The van der Waals surface area contributed by atoms with Gasteiger partial charge in [-0.2, -0.15) is 0 Å². The number of hydrogen-bond acceptors (Lipinski definition) is 4. The van der Waals surface area contributed by atoms with Gasteiger partial charge in [0.1, 0.15) is 0 Å². The van der Waals surface area contributed by atoms with Gasteiger partial charge in [-0.25, -0.2) is 0 Å². The van der Waals surface area contributed by atoms with Gasteiger partial charge in [-0.05, 0) is 25.7 Å². The van der Waals surface area contributed by atoms with Crippen molar-refractivity contribution in [1.82, 2.24) is 5.32 Å². The van der Waals surface area contributed by atoms with E-state index in [2.05, 4.69) is 10.6 Å². The van der Waals surface area contributed by atoms with Crippen LogP contribution < -0.4 is 10.6 Å². The van der Waals surface area contributed by atoms with E-state index in [1.54, 1.807) is 0 Å². The van der Waals surface area contributed by atoms with E-state index in [4.69, 9.17) is 23.2 Å². The van der Waals surface area contributed by atoms with E-state index in [0.717, 1.165) is 12.8 Å². The van der Waals surface area contributed by atoms with E-state index in [1.165, 1.54) is 25.0 Å². The molecule has 0 amide bonds. The zero-order valence-electron chi connectivity index (χ0n) is 10.7. The Kier molecular flexibility index (Phi) is 3.75. The van der Waals surface area contributed by atoms with E-state index in [1.807, 2.05) is 0 Å². The number of anilines is 1. The Morgan fingerprint density at radius 1 is 1.20 bits per heavy atom. The highest BCUT2D eigenvalue weighted by atomic mass is 35.5. The maximum Gasteiger partial charge on any atom is 0.272 e. The van der Waals surface area contributed by atoms with Crippen LogP contribution in [0, 0.1) is 10.1 Å². The average molecular weight is 316 g/mol. The summed E-state index contributed by atoms with van der Waals surface area (Å²) < 4.78 is 0. The number of nitrogens with one attached hydrogen (secondary N) is 2. The van der Waals surface area contributed by atoms with Gasteiger partial charge in [0.05, 0.1) is 20.7 Å². The monoisotopic (exact) mass is 315 g/mol. The molecule has 2 aliphatic rings. The number of rotatable bonds is 3. The third-order valence-electron chi connectivity index (χ3n) is 4.06. The Hall–Kier alpha value is -1.04. The standard InChI is InChI=1S/C13H15Cl2N3O2/c14-11-5-10(18(19)20)6-12(15)13(11)17-9-3-7-1-2-8(4-9)16-7/h5-9,16-17H,1-4H2. The summed E-state index contributed by atoms with van der Waals surface area (Å²) >= 11 is 12.2. The Morgan fingerprint density at radius 3 is 2.25 bits per heavy atom. The lowest BCUT2D eigenvalue weighted by Gasteiger charge is -2.30. The molecule has 2 saturated heterocycles. The van der Waals surface area contributed by atoms with Crippen LogP contribution in [-0.4, -0.2) is 23.0 Å². The predicted molar refractivity (Wildman–Crippen MR) is 79.7 cm³/mol. The molecule has 0 saturated carbocycles. The lowest BCUT2D eigenvalue weighted by molar-refractivity contribution is -0.384. The van der Waals surface area contributed by atoms with Crippen LogP contribution in [0.25, 0.3) is 0 Å². The summed E-state index contributed by atoms with van der Waals surface area (Å²) in [6.07, 6.45) is 4.48. The van der Waals surface area contributed by atoms with E-state index in [0.29, 0.717) is 33.9 Å². The van der Waals surface area contributed by atoms with Crippen LogP contribution >= 0.6 is 23.2 Å². The molecule has 3 rings (SSSR count). The van der Waals surface area contributed by atoms with Crippen LogP contribution in [0.3, 0.4) is 0 Å². The molecule has 2 aliphatic heterocycles. The normalized spacial score (nSPS) is 28.4. The molecule has 2 fully saturated rings. The summed E-state index contributed by atoms with van der Waals surface area (Å²) in [6, 6.07) is 4.10. The number of non-ortho nitro benzene ring substituents is 1. The fourth-order valence-electron chi connectivity index (χ4n) is 3.18. The second-order valence-electron chi connectivity index (χ2n) is 5.49. The summed E-state index contributed by atoms with van der Waals surface area (Å²) in [6.45, 7) is 0. The van der Waals surface area contributed by atoms with Crippen LogP contribution in [0.15, 0.2) is 12.1 Å². The van der Waals surface area contributed by atoms with Crippen LogP contribution in [-0.2, 0) is 0 Å². The van der Waals surface area contributed by atoms with Crippen molar-refractivity contribution in [2.24, 2.45) is 0 Å². The lowest BCUT2D eigenvalue weighted by Crippen LogP contribution is -2.43. The van der Waals surface area contributed by atoms with Crippen molar-refractivity contribution in [2.45, 2.75) is 43.8 Å². The topological polar surface area (TPSA) is 67.2 Å². The highest BCUT2D eigenvalue weighted by molar-refractivity contribution is 6.39. The number of benzene rings is 1. The highest BCUT2D eigenvalue weighted by Crippen LogP contribution is 2.37. The Balaban J connectivity index is 1.79. The first kappa shape index (κ1) is 13.9. The molecule has 20 heavy (non-hydrogen) atoms. The van der Waals surface area contributed by atoms with Gasteiger partial charge in [0.2, 0.25) is 0 Å². The first-order valence-electron chi connectivity index (χ1n) is 6.69. The summed E-state index contributed by atoms with van der Waals surface area (Å²) in [5.41, 5.74) is 0.515. The molecule has 2 N–H and O–H groups in total. The van der Waals surface area contributed by atoms with Crippen LogP contribution in [0.2, 0.25) is 10.0 Å². The van der Waals surface area contributed by atoms with Crippen molar-refractivity contribution in [2.75, 3.05) is 5.32 Å². The average Bonchev–Trinajstić information content (AvgIpc) is 2.73. The molecule has 2 unspecified atom stereocenters. The SMILES string of the molecule is O=[N+]([O-])c1cc(Cl)c(NC2CC3CCC(C2)N3)c(Cl)c1. The molecule has 108 valence electrons. The molecule has 2 atom stereocenters. The van der Waals surface area contributed by atoms with Gasteiger partial charge in [-0.15, -0.1) is 0 Å². The minimum absolute atomic E-state index is 0.0871. The van der Waals surface area contributed by atoms with E-state index >= 15 is 0 Å². The number of piperidine rings is 1. The zero-order chi connectivity index (χ0) is 14.3. The third-order valence-corrected chi connectivity index (χ3v) is 4.66. The molecule has 1 aromatic rings. The maximum atomic E-state index is 10.8. The first-order chi connectivity index (χ1) is 9.52. The van der Waals surface area contributed by atoms with Gasteiger partial charge >= 0.3 is 0 Å². The summed E-state index contributed by atoms with van der Waals surface area (Å²) in [5, 5.41) is 18.3. The molecule has 2 bridgehead atoms. The van der Waals surface area contributed by atoms with Crippen molar-refractivity contribution >= 4 is 34.6 Å². The minimum atomic E-state index is -0.494. The number of nitro benzene ring substituents is 1. The van der Waals surface area contributed by atoms with E-state index in [-0.39, 0.29) is 5.69 Å². The molecule has 2 heterocycles. The van der Waals surface area contributed by atoms with Crippen molar-refractivity contribution in [3.63, 3.8) is 0 Å². The molecule has 0 radical (unpaired) electrons. The minimum Gasteiger partial charge on any atom is -0.380 e.